The van der Waals surface area contributed by atoms with Crippen LogP contribution in [0.1, 0.15) is 49.4 Å². The van der Waals surface area contributed by atoms with Gasteiger partial charge in [-0.2, -0.15) is 0 Å². The third-order valence-corrected chi connectivity index (χ3v) is 6.63. The van der Waals surface area contributed by atoms with Crippen molar-refractivity contribution in [2.45, 2.75) is 45.8 Å². The van der Waals surface area contributed by atoms with Crippen LogP contribution >= 0.6 is 0 Å². The van der Waals surface area contributed by atoms with Crippen LogP contribution in [-0.2, 0) is 14.3 Å². The van der Waals surface area contributed by atoms with Gasteiger partial charge in [-0.25, -0.2) is 0 Å². The summed E-state index contributed by atoms with van der Waals surface area (Å²) in [6.07, 6.45) is 1.70. The second-order valence-corrected chi connectivity index (χ2v) is 8.72. The number of aryl methyl sites for hydroxylation is 1. The number of hydrogen-bond acceptors (Lipinski definition) is 5. The largest absolute Gasteiger partial charge is 0.507 e. The number of rotatable bonds is 7. The molecule has 2 heterocycles. The zero-order chi connectivity index (χ0) is 23.5. The maximum absolute atomic E-state index is 13.2. The van der Waals surface area contributed by atoms with E-state index in [1.54, 1.807) is 17.0 Å². The summed E-state index contributed by atoms with van der Waals surface area (Å²) in [5.41, 5.74) is 3.60. The van der Waals surface area contributed by atoms with Crippen LogP contribution in [0.3, 0.4) is 0 Å². The highest BCUT2D eigenvalue weighted by molar-refractivity contribution is 6.46. The molecule has 2 atom stereocenters. The number of benzene rings is 2. The Bertz CT molecular complexity index is 1030. The average Bonchev–Trinajstić information content (AvgIpc) is 3.43. The van der Waals surface area contributed by atoms with Crippen LogP contribution in [0.2, 0.25) is 0 Å². The number of carbonyl (C=O) groups is 2. The molecule has 0 bridgehead atoms. The summed E-state index contributed by atoms with van der Waals surface area (Å²) in [7, 11) is 0. The summed E-state index contributed by atoms with van der Waals surface area (Å²) in [5, 5.41) is 11.2. The second kappa shape index (κ2) is 9.79. The van der Waals surface area contributed by atoms with Crippen LogP contribution in [0.5, 0.6) is 0 Å². The van der Waals surface area contributed by atoms with E-state index in [1.165, 1.54) is 0 Å². The summed E-state index contributed by atoms with van der Waals surface area (Å²) in [6.45, 7) is 8.95. The summed E-state index contributed by atoms with van der Waals surface area (Å²) < 4.78 is 5.77. The van der Waals surface area contributed by atoms with Crippen molar-refractivity contribution >= 4 is 23.1 Å². The van der Waals surface area contributed by atoms with E-state index in [9.17, 15) is 14.7 Å². The highest BCUT2D eigenvalue weighted by Gasteiger charge is 2.47. The Kier molecular flexibility index (Phi) is 6.84. The topological polar surface area (TPSA) is 70.1 Å². The lowest BCUT2D eigenvalue weighted by Crippen LogP contribution is -2.36. The van der Waals surface area contributed by atoms with E-state index < -0.39 is 17.7 Å². The molecular weight excluding hydrogens is 416 g/mol. The van der Waals surface area contributed by atoms with Crippen LogP contribution in [0.4, 0.5) is 5.69 Å². The molecule has 4 rings (SSSR count). The maximum atomic E-state index is 13.2. The van der Waals surface area contributed by atoms with Gasteiger partial charge in [0.25, 0.3) is 11.7 Å². The van der Waals surface area contributed by atoms with Crippen molar-refractivity contribution in [2.24, 2.45) is 0 Å². The predicted molar refractivity (Wildman–Crippen MR) is 129 cm³/mol. The van der Waals surface area contributed by atoms with E-state index in [4.69, 9.17) is 4.74 Å². The fourth-order valence-electron chi connectivity index (χ4n) is 4.75. The molecule has 2 fully saturated rings. The van der Waals surface area contributed by atoms with Crippen LogP contribution in [0.15, 0.2) is 54.1 Å². The van der Waals surface area contributed by atoms with Crippen molar-refractivity contribution in [1.29, 1.82) is 0 Å². The third-order valence-electron chi connectivity index (χ3n) is 6.63. The Morgan fingerprint density at radius 1 is 1.06 bits per heavy atom. The number of aliphatic hydroxyl groups is 1. The molecule has 2 aliphatic heterocycles. The Balaban J connectivity index is 1.78. The molecule has 2 aliphatic rings. The lowest BCUT2D eigenvalue weighted by atomic mass is 9.94. The first kappa shape index (κ1) is 23.1. The first-order valence-electron chi connectivity index (χ1n) is 11.8. The number of ketones is 1. The predicted octanol–water partition coefficient (Wildman–Crippen LogP) is 4.44. The first-order chi connectivity index (χ1) is 15.9. The summed E-state index contributed by atoms with van der Waals surface area (Å²) in [4.78, 5) is 30.1. The number of aliphatic hydroxyl groups excluding tert-OH is 1. The van der Waals surface area contributed by atoms with Gasteiger partial charge in [0, 0.05) is 37.5 Å². The van der Waals surface area contributed by atoms with Gasteiger partial charge in [-0.15, -0.1) is 0 Å². The molecule has 1 N–H and O–H groups in total. The van der Waals surface area contributed by atoms with Gasteiger partial charge in [-0.1, -0.05) is 42.0 Å². The highest BCUT2D eigenvalue weighted by atomic mass is 16.5. The number of anilines is 1. The fraction of sp³-hybridized carbons (Fsp3) is 0.407. The van der Waals surface area contributed by atoms with E-state index in [-0.39, 0.29) is 17.4 Å². The summed E-state index contributed by atoms with van der Waals surface area (Å²) >= 11 is 0. The van der Waals surface area contributed by atoms with E-state index in [0.717, 1.165) is 42.7 Å². The maximum Gasteiger partial charge on any atom is 0.295 e. The standard InChI is InChI=1S/C27H32N2O4/c1-4-28(5-2)21-14-12-19(13-15-21)24-23(25(30)20-10-8-18(3)9-11-20)26(31)27(32)29(24)17-22-7-6-16-33-22/h8-15,22,24,30H,4-7,16-17H2,1-3H3. The number of Topliss-reactive ketones (excluding diaryl/α,β-unsaturated/α-hetero) is 1. The molecule has 2 aromatic rings. The van der Waals surface area contributed by atoms with Gasteiger partial charge in [0.2, 0.25) is 0 Å². The SMILES string of the molecule is CCN(CC)c1ccc(C2C(=C(O)c3ccc(C)cc3)C(=O)C(=O)N2CC2CCCO2)cc1. The number of nitrogens with zero attached hydrogens (tertiary/aromatic N) is 2. The molecule has 6 heteroatoms. The molecule has 0 aliphatic carbocycles. The van der Waals surface area contributed by atoms with Crippen LogP contribution < -0.4 is 4.90 Å². The number of hydrogen-bond donors (Lipinski definition) is 1. The molecule has 1 amide bonds. The van der Waals surface area contributed by atoms with Gasteiger partial charge in [-0.05, 0) is 51.3 Å². The lowest BCUT2D eigenvalue weighted by Gasteiger charge is -2.28. The number of amides is 1. The minimum Gasteiger partial charge on any atom is -0.507 e. The minimum atomic E-state index is -0.652. The molecule has 2 saturated heterocycles. The molecule has 0 radical (unpaired) electrons. The lowest BCUT2D eigenvalue weighted by molar-refractivity contribution is -0.140. The molecule has 0 aromatic heterocycles. The molecule has 0 spiro atoms. The van der Waals surface area contributed by atoms with Crippen molar-refractivity contribution in [1.82, 2.24) is 4.90 Å². The van der Waals surface area contributed by atoms with Crippen molar-refractivity contribution in [2.75, 3.05) is 31.1 Å². The number of carbonyl (C=O) groups excluding carboxylic acids is 2. The van der Waals surface area contributed by atoms with E-state index >= 15 is 0 Å². The van der Waals surface area contributed by atoms with Gasteiger partial charge in [0.1, 0.15) is 5.76 Å². The van der Waals surface area contributed by atoms with Crippen LogP contribution in [0, 0.1) is 6.92 Å². The first-order valence-corrected chi connectivity index (χ1v) is 11.8. The van der Waals surface area contributed by atoms with Gasteiger partial charge in [0.15, 0.2) is 0 Å². The van der Waals surface area contributed by atoms with E-state index in [1.807, 2.05) is 43.3 Å². The summed E-state index contributed by atoms with van der Waals surface area (Å²) in [6, 6.07) is 14.6. The molecular formula is C27H32N2O4. The fourth-order valence-corrected chi connectivity index (χ4v) is 4.75. The Labute approximate surface area is 195 Å². The molecule has 174 valence electrons. The normalized spacial score (nSPS) is 22.2. The van der Waals surface area contributed by atoms with Gasteiger partial charge in [0.05, 0.1) is 17.7 Å². The summed E-state index contributed by atoms with van der Waals surface area (Å²) in [5.74, 6) is -1.37. The van der Waals surface area contributed by atoms with E-state index in [2.05, 4.69) is 18.7 Å². The number of likely N-dealkylation sites (tertiary alicyclic amines) is 1. The van der Waals surface area contributed by atoms with E-state index in [0.29, 0.717) is 18.7 Å². The van der Waals surface area contributed by atoms with Gasteiger partial charge in [-0.3, -0.25) is 9.59 Å². The van der Waals surface area contributed by atoms with Gasteiger partial charge < -0.3 is 19.6 Å². The smallest absolute Gasteiger partial charge is 0.295 e. The minimum absolute atomic E-state index is 0.0972. The molecule has 33 heavy (non-hydrogen) atoms. The van der Waals surface area contributed by atoms with Crippen molar-refractivity contribution in [3.8, 4) is 0 Å². The van der Waals surface area contributed by atoms with Gasteiger partial charge >= 0.3 is 0 Å². The Morgan fingerprint density at radius 3 is 2.30 bits per heavy atom. The van der Waals surface area contributed by atoms with Crippen molar-refractivity contribution in [3.05, 3.63) is 70.8 Å². The second-order valence-electron chi connectivity index (χ2n) is 8.72. The quantitative estimate of drug-likeness (QED) is 0.385. The Morgan fingerprint density at radius 2 is 1.73 bits per heavy atom. The molecule has 0 saturated carbocycles. The highest BCUT2D eigenvalue weighted by Crippen LogP contribution is 2.40. The zero-order valence-electron chi connectivity index (χ0n) is 19.6. The average molecular weight is 449 g/mol. The monoisotopic (exact) mass is 448 g/mol. The molecule has 6 nitrogen and oxygen atoms in total. The molecule has 2 aromatic carbocycles. The van der Waals surface area contributed by atoms with Crippen molar-refractivity contribution in [3.63, 3.8) is 0 Å². The van der Waals surface area contributed by atoms with Crippen LogP contribution in [-0.4, -0.2) is 54.0 Å². The van der Waals surface area contributed by atoms with Crippen LogP contribution in [0.25, 0.3) is 5.76 Å². The molecule has 2 unspecified atom stereocenters. The third kappa shape index (κ3) is 4.53. The van der Waals surface area contributed by atoms with Crippen molar-refractivity contribution < 1.29 is 19.4 Å². The Hall–Kier alpha value is -3.12. The number of ether oxygens (including phenoxy) is 1. The zero-order valence-corrected chi connectivity index (χ0v) is 19.6.